The maximum absolute atomic E-state index is 12.7. The summed E-state index contributed by atoms with van der Waals surface area (Å²) in [5.74, 6) is -0.0568. The Morgan fingerprint density at radius 3 is 2.69 bits per heavy atom. The third-order valence-electron chi connectivity index (χ3n) is 5.20. The predicted octanol–water partition coefficient (Wildman–Crippen LogP) is 3.66. The van der Waals surface area contributed by atoms with E-state index >= 15 is 0 Å². The molecule has 3 aromatic rings. The highest BCUT2D eigenvalue weighted by atomic mass is 35.5. The van der Waals surface area contributed by atoms with Crippen LogP contribution < -0.4 is 10.2 Å². The fraction of sp³-hybridized carbons (Fsp3) is 0.273. The first-order valence-electron chi connectivity index (χ1n) is 9.69. The van der Waals surface area contributed by atoms with Gasteiger partial charge in [-0.05, 0) is 42.4 Å². The zero-order valence-electron chi connectivity index (χ0n) is 16.4. The number of H-pyrrole nitrogens is 1. The van der Waals surface area contributed by atoms with Crippen molar-refractivity contribution in [1.82, 2.24) is 15.1 Å². The van der Waals surface area contributed by atoms with Gasteiger partial charge in [0.15, 0.2) is 0 Å². The fourth-order valence-corrected chi connectivity index (χ4v) is 3.77. The van der Waals surface area contributed by atoms with Gasteiger partial charge in [-0.2, -0.15) is 5.10 Å². The van der Waals surface area contributed by atoms with Crippen LogP contribution in [0.2, 0.25) is 5.02 Å². The molecule has 0 aliphatic carbocycles. The van der Waals surface area contributed by atoms with Crippen LogP contribution in [0.15, 0.2) is 54.9 Å². The lowest BCUT2D eigenvalue weighted by atomic mass is 10.1. The highest BCUT2D eigenvalue weighted by Crippen LogP contribution is 2.32. The molecule has 150 valence electrons. The Labute approximate surface area is 175 Å². The van der Waals surface area contributed by atoms with Crippen molar-refractivity contribution >= 4 is 28.9 Å². The first-order valence-corrected chi connectivity index (χ1v) is 10.1. The number of piperazine rings is 1. The number of carbonyl (C=O) groups excluding carboxylic acids is 1. The Bertz CT molecular complexity index is 981. The Hall–Kier alpha value is -2.83. The van der Waals surface area contributed by atoms with Gasteiger partial charge in [-0.3, -0.25) is 9.89 Å². The van der Waals surface area contributed by atoms with Gasteiger partial charge in [-0.15, -0.1) is 0 Å². The van der Waals surface area contributed by atoms with E-state index in [9.17, 15) is 4.79 Å². The molecule has 0 radical (unpaired) electrons. The number of amides is 1. The molecule has 2 aromatic carbocycles. The van der Waals surface area contributed by atoms with E-state index in [1.165, 1.54) is 0 Å². The number of anilines is 2. The molecule has 29 heavy (non-hydrogen) atoms. The Morgan fingerprint density at radius 2 is 1.97 bits per heavy atom. The molecule has 1 aliphatic heterocycles. The number of nitrogens with one attached hydrogen (secondary N) is 2. The van der Waals surface area contributed by atoms with E-state index in [2.05, 4.69) is 38.4 Å². The van der Waals surface area contributed by atoms with Gasteiger partial charge in [-0.1, -0.05) is 29.8 Å². The molecule has 4 rings (SSSR count). The number of hydrogen-bond donors (Lipinski definition) is 2. The number of aromatic nitrogens is 2. The van der Waals surface area contributed by atoms with Crippen LogP contribution in [-0.4, -0.2) is 54.2 Å². The summed E-state index contributed by atoms with van der Waals surface area (Å²) in [4.78, 5) is 17.3. The van der Waals surface area contributed by atoms with E-state index in [1.807, 2.05) is 42.6 Å². The molecule has 7 heteroatoms. The second kappa shape index (κ2) is 8.68. The van der Waals surface area contributed by atoms with Crippen molar-refractivity contribution in [3.63, 3.8) is 0 Å². The summed E-state index contributed by atoms with van der Waals surface area (Å²) < 4.78 is 0. The molecule has 0 unspecified atom stereocenters. The highest BCUT2D eigenvalue weighted by molar-refractivity contribution is 6.30. The monoisotopic (exact) mass is 409 g/mol. The quantitative estimate of drug-likeness (QED) is 0.675. The fourth-order valence-electron chi connectivity index (χ4n) is 3.56. The van der Waals surface area contributed by atoms with Crippen LogP contribution in [0.4, 0.5) is 11.4 Å². The van der Waals surface area contributed by atoms with Crippen LogP contribution in [0.1, 0.15) is 5.56 Å². The van der Waals surface area contributed by atoms with Gasteiger partial charge in [0.2, 0.25) is 5.91 Å². The van der Waals surface area contributed by atoms with Crippen LogP contribution >= 0.6 is 11.6 Å². The van der Waals surface area contributed by atoms with Crippen LogP contribution in [0.3, 0.4) is 0 Å². The molecule has 1 aliphatic rings. The van der Waals surface area contributed by atoms with Crippen molar-refractivity contribution in [3.05, 3.63) is 65.4 Å². The van der Waals surface area contributed by atoms with Crippen molar-refractivity contribution < 1.29 is 4.79 Å². The van der Waals surface area contributed by atoms with Crippen molar-refractivity contribution in [2.75, 3.05) is 43.4 Å². The second-order valence-electron chi connectivity index (χ2n) is 7.36. The Kier molecular flexibility index (Phi) is 5.83. The van der Waals surface area contributed by atoms with Gasteiger partial charge in [0, 0.05) is 43.0 Å². The van der Waals surface area contributed by atoms with Gasteiger partial charge >= 0.3 is 0 Å². The summed E-state index contributed by atoms with van der Waals surface area (Å²) in [6, 6.07) is 13.5. The maximum Gasteiger partial charge on any atom is 0.228 e. The Morgan fingerprint density at radius 1 is 1.14 bits per heavy atom. The maximum atomic E-state index is 12.7. The van der Waals surface area contributed by atoms with Gasteiger partial charge < -0.3 is 15.1 Å². The van der Waals surface area contributed by atoms with Crippen LogP contribution in [0.5, 0.6) is 0 Å². The van der Waals surface area contributed by atoms with E-state index in [4.69, 9.17) is 11.6 Å². The Balaban J connectivity index is 1.58. The zero-order valence-corrected chi connectivity index (χ0v) is 17.1. The summed E-state index contributed by atoms with van der Waals surface area (Å²) in [5.41, 5.74) is 4.86. The molecule has 1 amide bonds. The lowest BCUT2D eigenvalue weighted by Crippen LogP contribution is -2.44. The van der Waals surface area contributed by atoms with Crippen molar-refractivity contribution in [2.45, 2.75) is 6.42 Å². The number of halogens is 1. The van der Waals surface area contributed by atoms with Gasteiger partial charge in [0.25, 0.3) is 0 Å². The topological polar surface area (TPSA) is 64.3 Å². The number of benzene rings is 2. The predicted molar refractivity (Wildman–Crippen MR) is 118 cm³/mol. The van der Waals surface area contributed by atoms with Crippen molar-refractivity contribution in [1.29, 1.82) is 0 Å². The molecule has 2 heterocycles. The standard InChI is InChI=1S/C22H24ClN5O/c1-27-7-9-28(10-8-27)21-13-17(18-14-24-25-15-18)5-6-20(21)26-22(29)12-16-3-2-4-19(23)11-16/h2-6,11,13-15H,7-10,12H2,1H3,(H,24,25)(H,26,29). The molecule has 1 saturated heterocycles. The molecular weight excluding hydrogens is 386 g/mol. The lowest BCUT2D eigenvalue weighted by molar-refractivity contribution is -0.115. The minimum atomic E-state index is -0.0568. The number of carbonyl (C=O) groups is 1. The van der Waals surface area contributed by atoms with E-state index in [0.717, 1.165) is 54.2 Å². The van der Waals surface area contributed by atoms with Crippen LogP contribution in [-0.2, 0) is 11.2 Å². The molecule has 0 spiro atoms. The van der Waals surface area contributed by atoms with Gasteiger partial charge in [-0.25, -0.2) is 0 Å². The first-order chi connectivity index (χ1) is 14.1. The zero-order chi connectivity index (χ0) is 20.2. The van der Waals surface area contributed by atoms with Crippen molar-refractivity contribution in [3.8, 4) is 11.1 Å². The normalized spacial score (nSPS) is 14.8. The summed E-state index contributed by atoms with van der Waals surface area (Å²) >= 11 is 6.04. The second-order valence-corrected chi connectivity index (χ2v) is 7.80. The highest BCUT2D eigenvalue weighted by Gasteiger charge is 2.19. The first kappa shape index (κ1) is 19.5. The lowest BCUT2D eigenvalue weighted by Gasteiger charge is -2.35. The number of nitrogens with zero attached hydrogens (tertiary/aromatic N) is 3. The molecule has 6 nitrogen and oxygen atoms in total. The van der Waals surface area contributed by atoms with E-state index < -0.39 is 0 Å². The average Bonchev–Trinajstić information content (AvgIpc) is 3.24. The molecule has 2 N–H and O–H groups in total. The van der Waals surface area contributed by atoms with E-state index in [-0.39, 0.29) is 12.3 Å². The number of likely N-dealkylation sites (N-methyl/N-ethyl adjacent to an activating group) is 1. The van der Waals surface area contributed by atoms with Crippen LogP contribution in [0.25, 0.3) is 11.1 Å². The molecule has 1 fully saturated rings. The number of aromatic amines is 1. The minimum absolute atomic E-state index is 0.0568. The molecular formula is C22H24ClN5O. The third kappa shape index (κ3) is 4.78. The minimum Gasteiger partial charge on any atom is -0.367 e. The van der Waals surface area contributed by atoms with Gasteiger partial charge in [0.1, 0.15) is 0 Å². The summed E-state index contributed by atoms with van der Waals surface area (Å²) in [6.07, 6.45) is 3.97. The van der Waals surface area contributed by atoms with Gasteiger partial charge in [0.05, 0.1) is 24.0 Å². The average molecular weight is 410 g/mol. The molecule has 0 saturated carbocycles. The number of hydrogen-bond acceptors (Lipinski definition) is 4. The molecule has 0 bridgehead atoms. The van der Waals surface area contributed by atoms with Crippen LogP contribution in [0, 0.1) is 0 Å². The molecule has 0 atom stereocenters. The largest absolute Gasteiger partial charge is 0.367 e. The van der Waals surface area contributed by atoms with Crippen molar-refractivity contribution in [2.24, 2.45) is 0 Å². The van der Waals surface area contributed by atoms with E-state index in [1.54, 1.807) is 6.20 Å². The summed E-state index contributed by atoms with van der Waals surface area (Å²) in [7, 11) is 2.13. The smallest absolute Gasteiger partial charge is 0.228 e. The van der Waals surface area contributed by atoms with E-state index in [0.29, 0.717) is 5.02 Å². The third-order valence-corrected chi connectivity index (χ3v) is 5.44. The summed E-state index contributed by atoms with van der Waals surface area (Å²) in [6.45, 7) is 3.82. The summed E-state index contributed by atoms with van der Waals surface area (Å²) in [5, 5.41) is 10.6. The molecule has 1 aromatic heterocycles. The SMILES string of the molecule is CN1CCN(c2cc(-c3cn[nH]c3)ccc2NC(=O)Cc2cccc(Cl)c2)CC1. The number of rotatable bonds is 5.